The second-order valence-corrected chi connectivity index (χ2v) is 4.57. The van der Waals surface area contributed by atoms with Gasteiger partial charge in [0.15, 0.2) is 5.76 Å². The molecule has 4 heteroatoms. The monoisotopic (exact) mass is 236 g/mol. The minimum absolute atomic E-state index is 0.0836. The molecule has 1 aromatic heterocycles. The maximum Gasteiger partial charge on any atom is 0.287 e. The topological polar surface area (TPSA) is 54.3 Å². The maximum absolute atomic E-state index is 12.0. The van der Waals surface area contributed by atoms with E-state index in [-0.39, 0.29) is 11.9 Å². The third-order valence-electron chi connectivity index (χ3n) is 3.24. The fourth-order valence-corrected chi connectivity index (χ4v) is 2.21. The summed E-state index contributed by atoms with van der Waals surface area (Å²) in [4.78, 5) is 12.0. The molecule has 0 atom stereocenters. The lowest BCUT2D eigenvalue weighted by molar-refractivity contribution is 0.0899. The van der Waals surface area contributed by atoms with Crippen molar-refractivity contribution >= 4 is 5.91 Å². The van der Waals surface area contributed by atoms with Crippen molar-refractivity contribution in [3.8, 4) is 0 Å². The lowest BCUT2D eigenvalue weighted by atomic mass is 10.1. The van der Waals surface area contributed by atoms with Gasteiger partial charge < -0.3 is 15.1 Å². The molecule has 1 aliphatic rings. The Bertz CT molecular complexity index is 392. The van der Waals surface area contributed by atoms with Gasteiger partial charge in [-0.2, -0.15) is 0 Å². The van der Waals surface area contributed by atoms with Gasteiger partial charge in [-0.15, -0.1) is 0 Å². The quantitative estimate of drug-likeness (QED) is 0.838. The van der Waals surface area contributed by atoms with Crippen LogP contribution < -0.4 is 10.6 Å². The van der Waals surface area contributed by atoms with Crippen LogP contribution in [0.3, 0.4) is 0 Å². The molecule has 1 aliphatic heterocycles. The Hall–Kier alpha value is -1.29. The van der Waals surface area contributed by atoms with E-state index >= 15 is 0 Å². The van der Waals surface area contributed by atoms with Crippen molar-refractivity contribution in [3.63, 3.8) is 0 Å². The lowest BCUT2D eigenvalue weighted by Crippen LogP contribution is -2.42. The molecule has 0 aromatic carbocycles. The summed E-state index contributed by atoms with van der Waals surface area (Å²) < 4.78 is 5.54. The third-order valence-corrected chi connectivity index (χ3v) is 3.24. The van der Waals surface area contributed by atoms with Gasteiger partial charge in [0, 0.05) is 12.5 Å². The van der Waals surface area contributed by atoms with Gasteiger partial charge in [0.1, 0.15) is 5.76 Å². The zero-order valence-corrected chi connectivity index (χ0v) is 10.5. The smallest absolute Gasteiger partial charge is 0.287 e. The molecule has 4 nitrogen and oxygen atoms in total. The lowest BCUT2D eigenvalue weighted by Gasteiger charge is -2.23. The molecule has 1 saturated heterocycles. The Balaban J connectivity index is 1.98. The first-order valence-corrected chi connectivity index (χ1v) is 6.31. The number of carbonyl (C=O) groups is 1. The molecule has 0 bridgehead atoms. The molecule has 1 amide bonds. The van der Waals surface area contributed by atoms with E-state index in [4.69, 9.17) is 4.42 Å². The molecule has 0 aliphatic carbocycles. The molecule has 2 N–H and O–H groups in total. The van der Waals surface area contributed by atoms with Gasteiger partial charge in [0.05, 0.1) is 0 Å². The zero-order chi connectivity index (χ0) is 12.3. The van der Waals surface area contributed by atoms with E-state index in [0.717, 1.165) is 43.7 Å². The highest BCUT2D eigenvalue weighted by molar-refractivity contribution is 5.92. The van der Waals surface area contributed by atoms with Gasteiger partial charge in [-0.3, -0.25) is 4.79 Å². The summed E-state index contributed by atoms with van der Waals surface area (Å²) in [5, 5.41) is 6.30. The first-order valence-electron chi connectivity index (χ1n) is 6.31. The summed E-state index contributed by atoms with van der Waals surface area (Å²) in [6.45, 7) is 5.95. The Kier molecular flexibility index (Phi) is 3.84. The number of rotatable bonds is 3. The summed E-state index contributed by atoms with van der Waals surface area (Å²) in [5.74, 6) is 1.26. The van der Waals surface area contributed by atoms with Crippen LogP contribution in [0.4, 0.5) is 0 Å². The van der Waals surface area contributed by atoms with E-state index < -0.39 is 0 Å². The van der Waals surface area contributed by atoms with Crippen molar-refractivity contribution in [2.75, 3.05) is 13.1 Å². The Morgan fingerprint density at radius 2 is 2.24 bits per heavy atom. The van der Waals surface area contributed by atoms with E-state index in [9.17, 15) is 4.79 Å². The molecule has 1 aromatic rings. The Morgan fingerprint density at radius 3 is 2.82 bits per heavy atom. The van der Waals surface area contributed by atoms with E-state index in [1.807, 2.05) is 19.9 Å². The molecule has 0 saturated carbocycles. The molecule has 1 fully saturated rings. The van der Waals surface area contributed by atoms with Crippen LogP contribution in [-0.2, 0) is 6.42 Å². The van der Waals surface area contributed by atoms with Gasteiger partial charge in [0.2, 0.25) is 0 Å². The van der Waals surface area contributed by atoms with Crippen molar-refractivity contribution in [3.05, 3.63) is 23.2 Å². The average Bonchev–Trinajstić information content (AvgIpc) is 2.72. The molecule has 2 rings (SSSR count). The molecule has 0 spiro atoms. The average molecular weight is 236 g/mol. The van der Waals surface area contributed by atoms with Crippen molar-refractivity contribution in [1.82, 2.24) is 10.6 Å². The number of piperidine rings is 1. The number of furan rings is 1. The first-order chi connectivity index (χ1) is 8.20. The minimum Gasteiger partial charge on any atom is -0.456 e. The predicted octanol–water partition coefficient (Wildman–Crippen LogP) is 1.63. The van der Waals surface area contributed by atoms with Gasteiger partial charge in [-0.05, 0) is 44.5 Å². The van der Waals surface area contributed by atoms with E-state index in [1.165, 1.54) is 0 Å². The maximum atomic E-state index is 12.0. The minimum atomic E-state index is -0.0836. The van der Waals surface area contributed by atoms with Crippen LogP contribution in [0, 0.1) is 6.92 Å². The van der Waals surface area contributed by atoms with Crippen LogP contribution in [0.15, 0.2) is 10.5 Å². The normalized spacial score (nSPS) is 17.1. The van der Waals surface area contributed by atoms with Crippen molar-refractivity contribution < 1.29 is 9.21 Å². The van der Waals surface area contributed by atoms with Crippen molar-refractivity contribution in [1.29, 1.82) is 0 Å². The molecule has 0 radical (unpaired) electrons. The number of nitrogens with one attached hydrogen (secondary N) is 2. The number of aryl methyl sites for hydroxylation is 2. The second kappa shape index (κ2) is 5.36. The summed E-state index contributed by atoms with van der Waals surface area (Å²) in [6.07, 6.45) is 2.81. The molecule has 2 heterocycles. The largest absolute Gasteiger partial charge is 0.456 e. The SMILES string of the molecule is CCc1oc(C(=O)NC2CCNCC2)cc1C. The number of hydrogen-bond acceptors (Lipinski definition) is 3. The summed E-state index contributed by atoms with van der Waals surface area (Å²) in [5.41, 5.74) is 1.06. The highest BCUT2D eigenvalue weighted by Gasteiger charge is 2.19. The van der Waals surface area contributed by atoms with Crippen LogP contribution in [0.5, 0.6) is 0 Å². The van der Waals surface area contributed by atoms with Gasteiger partial charge >= 0.3 is 0 Å². The number of hydrogen-bond donors (Lipinski definition) is 2. The molecular weight excluding hydrogens is 216 g/mol. The van der Waals surface area contributed by atoms with Crippen LogP contribution in [0.1, 0.15) is 41.6 Å². The van der Waals surface area contributed by atoms with E-state index in [1.54, 1.807) is 0 Å². The van der Waals surface area contributed by atoms with Gasteiger partial charge in [-0.25, -0.2) is 0 Å². The number of amides is 1. The number of carbonyl (C=O) groups excluding carboxylic acids is 1. The molecule has 0 unspecified atom stereocenters. The molecule has 94 valence electrons. The van der Waals surface area contributed by atoms with E-state index in [0.29, 0.717) is 5.76 Å². The predicted molar refractivity (Wildman–Crippen MR) is 66.2 cm³/mol. The fourth-order valence-electron chi connectivity index (χ4n) is 2.21. The zero-order valence-electron chi connectivity index (χ0n) is 10.5. The summed E-state index contributed by atoms with van der Waals surface area (Å²) in [7, 11) is 0. The Morgan fingerprint density at radius 1 is 1.53 bits per heavy atom. The van der Waals surface area contributed by atoms with Crippen LogP contribution in [0.2, 0.25) is 0 Å². The van der Waals surface area contributed by atoms with Crippen LogP contribution in [-0.4, -0.2) is 25.0 Å². The summed E-state index contributed by atoms with van der Waals surface area (Å²) >= 11 is 0. The highest BCUT2D eigenvalue weighted by Crippen LogP contribution is 2.15. The van der Waals surface area contributed by atoms with Gasteiger partial charge in [-0.1, -0.05) is 6.92 Å². The van der Waals surface area contributed by atoms with Crippen molar-refractivity contribution in [2.24, 2.45) is 0 Å². The molecule has 17 heavy (non-hydrogen) atoms. The first kappa shape index (κ1) is 12.2. The third kappa shape index (κ3) is 2.88. The Labute approximate surface area is 102 Å². The standard InChI is InChI=1S/C13H20N2O2/c1-3-11-9(2)8-12(17-11)13(16)15-10-4-6-14-7-5-10/h8,10,14H,3-7H2,1-2H3,(H,15,16). The van der Waals surface area contributed by atoms with Crippen molar-refractivity contribution in [2.45, 2.75) is 39.2 Å². The summed E-state index contributed by atoms with van der Waals surface area (Å²) in [6, 6.07) is 2.11. The highest BCUT2D eigenvalue weighted by atomic mass is 16.4. The van der Waals surface area contributed by atoms with Crippen LogP contribution >= 0.6 is 0 Å². The van der Waals surface area contributed by atoms with E-state index in [2.05, 4.69) is 10.6 Å². The van der Waals surface area contributed by atoms with Crippen LogP contribution in [0.25, 0.3) is 0 Å². The second-order valence-electron chi connectivity index (χ2n) is 4.57. The fraction of sp³-hybridized carbons (Fsp3) is 0.615. The molecular formula is C13H20N2O2. The van der Waals surface area contributed by atoms with Gasteiger partial charge in [0.25, 0.3) is 5.91 Å².